The van der Waals surface area contributed by atoms with Crippen LogP contribution in [0, 0.1) is 0 Å². The van der Waals surface area contributed by atoms with Crippen LogP contribution in [0.5, 0.6) is 0 Å². The molecule has 0 amide bonds. The third-order valence-electron chi connectivity index (χ3n) is 3.24. The quantitative estimate of drug-likeness (QED) is 0.773. The lowest BCUT2D eigenvalue weighted by Gasteiger charge is -2.22. The van der Waals surface area contributed by atoms with E-state index in [4.69, 9.17) is 11.6 Å². The molecular weight excluding hydrogens is 218 g/mol. The van der Waals surface area contributed by atoms with E-state index in [9.17, 15) is 0 Å². The van der Waals surface area contributed by atoms with E-state index in [0.29, 0.717) is 6.04 Å². The average Bonchev–Trinajstić information content (AvgIpc) is 2.75. The summed E-state index contributed by atoms with van der Waals surface area (Å²) in [5.41, 5.74) is 3.06. The van der Waals surface area contributed by atoms with Crippen molar-refractivity contribution in [2.24, 2.45) is 0 Å². The van der Waals surface area contributed by atoms with Crippen LogP contribution >= 0.6 is 11.6 Å². The molecule has 86 valence electrons. The molecule has 1 aliphatic heterocycles. The highest BCUT2D eigenvalue weighted by Crippen LogP contribution is 2.20. The number of hydrogen-bond donors (Lipinski definition) is 0. The highest BCUT2D eigenvalue weighted by molar-refractivity contribution is 6.25. The summed E-state index contributed by atoms with van der Waals surface area (Å²) < 4.78 is 0. The number of benzene rings is 1. The van der Waals surface area contributed by atoms with Crippen molar-refractivity contribution < 1.29 is 0 Å². The predicted molar refractivity (Wildman–Crippen MR) is 69.7 cm³/mol. The monoisotopic (exact) mass is 235 g/mol. The lowest BCUT2D eigenvalue weighted by atomic mass is 10.0. The minimum Gasteiger partial charge on any atom is -0.296 e. The number of hydrogen-bond acceptors (Lipinski definition) is 1. The third kappa shape index (κ3) is 3.10. The molecule has 1 aromatic carbocycles. The van der Waals surface area contributed by atoms with Crippen molar-refractivity contribution in [3.8, 4) is 0 Å². The summed E-state index contributed by atoms with van der Waals surface area (Å²) in [6.07, 6.45) is 5.82. The van der Waals surface area contributed by atoms with Gasteiger partial charge < -0.3 is 0 Å². The van der Waals surface area contributed by atoms with Crippen LogP contribution in [0.15, 0.2) is 41.9 Å². The summed E-state index contributed by atoms with van der Waals surface area (Å²) in [6.45, 7) is 2.19. The van der Waals surface area contributed by atoms with E-state index in [1.165, 1.54) is 24.9 Å². The van der Waals surface area contributed by atoms with Crippen LogP contribution in [0.1, 0.15) is 18.4 Å². The smallest absolute Gasteiger partial charge is 0.0177 e. The van der Waals surface area contributed by atoms with Crippen molar-refractivity contribution in [1.82, 2.24) is 4.90 Å². The molecule has 1 atom stereocenters. The van der Waals surface area contributed by atoms with E-state index in [1.54, 1.807) is 5.54 Å². The Kier molecular flexibility index (Phi) is 4.44. The average molecular weight is 236 g/mol. The van der Waals surface area contributed by atoms with Gasteiger partial charge in [-0.3, -0.25) is 4.90 Å². The number of likely N-dealkylation sites (tertiary alicyclic amines) is 1. The molecule has 0 spiro atoms. The largest absolute Gasteiger partial charge is 0.296 e. The van der Waals surface area contributed by atoms with Gasteiger partial charge >= 0.3 is 0 Å². The van der Waals surface area contributed by atoms with Crippen LogP contribution in [0.25, 0.3) is 0 Å². The van der Waals surface area contributed by atoms with E-state index in [0.717, 1.165) is 13.0 Å². The first-order valence-corrected chi connectivity index (χ1v) is 6.37. The molecule has 1 saturated heterocycles. The molecule has 1 aliphatic rings. The maximum Gasteiger partial charge on any atom is 0.0177 e. The van der Waals surface area contributed by atoms with Crippen molar-refractivity contribution in [2.75, 3.05) is 13.1 Å². The van der Waals surface area contributed by atoms with Gasteiger partial charge in [0.2, 0.25) is 0 Å². The summed E-state index contributed by atoms with van der Waals surface area (Å²) in [6, 6.07) is 11.4. The van der Waals surface area contributed by atoms with Crippen molar-refractivity contribution in [3.05, 3.63) is 47.5 Å². The summed E-state index contributed by atoms with van der Waals surface area (Å²) >= 11 is 5.58. The summed E-state index contributed by atoms with van der Waals surface area (Å²) in [5.74, 6) is 0. The summed E-state index contributed by atoms with van der Waals surface area (Å²) in [4.78, 5) is 2.52. The molecule has 1 heterocycles. The normalized spacial score (nSPS) is 21.9. The Morgan fingerprint density at radius 2 is 2.12 bits per heavy atom. The molecule has 1 fully saturated rings. The first-order chi connectivity index (χ1) is 7.90. The fraction of sp³-hybridized carbons (Fsp3) is 0.429. The maximum absolute atomic E-state index is 5.58. The van der Waals surface area contributed by atoms with Gasteiger partial charge in [-0.2, -0.15) is 0 Å². The zero-order valence-electron chi connectivity index (χ0n) is 9.48. The second-order valence-electron chi connectivity index (χ2n) is 4.34. The van der Waals surface area contributed by atoms with Crippen molar-refractivity contribution in [1.29, 1.82) is 0 Å². The van der Waals surface area contributed by atoms with Gasteiger partial charge in [0, 0.05) is 18.1 Å². The molecular formula is C14H18ClN. The Hall–Kier alpha value is -0.790. The summed E-state index contributed by atoms with van der Waals surface area (Å²) in [7, 11) is 0. The van der Waals surface area contributed by atoms with Crippen LogP contribution in [-0.4, -0.2) is 24.0 Å². The van der Waals surface area contributed by atoms with Gasteiger partial charge in [0.25, 0.3) is 0 Å². The minimum absolute atomic E-state index is 0.690. The maximum atomic E-state index is 5.58. The Balaban J connectivity index is 1.93. The predicted octanol–water partition coefficient (Wildman–Crippen LogP) is 3.45. The molecule has 0 N–H and O–H groups in total. The molecule has 0 aromatic heterocycles. The summed E-state index contributed by atoms with van der Waals surface area (Å²) in [5, 5.41) is 0. The highest BCUT2D eigenvalue weighted by atomic mass is 35.5. The van der Waals surface area contributed by atoms with E-state index >= 15 is 0 Å². The standard InChI is InChI=1S/C14H18ClN/c15-9-5-11-16-10-4-8-14(16)12-13-6-2-1-3-7-13/h1-3,5-7,9,14H,4,8,10-12H2/b9-5+. The van der Waals surface area contributed by atoms with Crippen LogP contribution in [0.2, 0.25) is 0 Å². The van der Waals surface area contributed by atoms with Gasteiger partial charge in [0.15, 0.2) is 0 Å². The molecule has 2 heteroatoms. The van der Waals surface area contributed by atoms with Gasteiger partial charge in [0.05, 0.1) is 0 Å². The molecule has 0 radical (unpaired) electrons. The van der Waals surface area contributed by atoms with E-state index in [-0.39, 0.29) is 0 Å². The molecule has 1 aromatic rings. The minimum atomic E-state index is 0.690. The number of nitrogens with zero attached hydrogens (tertiary/aromatic N) is 1. The molecule has 2 rings (SSSR count). The van der Waals surface area contributed by atoms with Gasteiger partial charge in [-0.15, -0.1) is 0 Å². The molecule has 16 heavy (non-hydrogen) atoms. The Morgan fingerprint density at radius 1 is 1.31 bits per heavy atom. The fourth-order valence-electron chi connectivity index (χ4n) is 2.43. The second kappa shape index (κ2) is 6.07. The number of rotatable bonds is 4. The van der Waals surface area contributed by atoms with Crippen molar-refractivity contribution in [3.63, 3.8) is 0 Å². The van der Waals surface area contributed by atoms with Crippen molar-refractivity contribution in [2.45, 2.75) is 25.3 Å². The SMILES string of the molecule is Cl/C=C/CN1CCCC1Cc1ccccc1. The van der Waals surface area contributed by atoms with E-state index < -0.39 is 0 Å². The fourth-order valence-corrected chi connectivity index (χ4v) is 2.51. The van der Waals surface area contributed by atoms with Crippen LogP contribution < -0.4 is 0 Å². The molecule has 0 bridgehead atoms. The van der Waals surface area contributed by atoms with Crippen molar-refractivity contribution >= 4 is 11.6 Å². The Morgan fingerprint density at radius 3 is 2.88 bits per heavy atom. The van der Waals surface area contributed by atoms with Gasteiger partial charge in [-0.25, -0.2) is 0 Å². The van der Waals surface area contributed by atoms with Gasteiger partial charge in [-0.05, 0) is 31.4 Å². The Labute approximate surface area is 103 Å². The lowest BCUT2D eigenvalue weighted by molar-refractivity contribution is 0.279. The van der Waals surface area contributed by atoms with Crippen LogP contribution in [-0.2, 0) is 6.42 Å². The van der Waals surface area contributed by atoms with E-state index in [1.807, 2.05) is 6.08 Å². The number of halogens is 1. The van der Waals surface area contributed by atoms with Crippen LogP contribution in [0.4, 0.5) is 0 Å². The topological polar surface area (TPSA) is 3.24 Å². The zero-order chi connectivity index (χ0) is 11.2. The molecule has 1 unspecified atom stereocenters. The van der Waals surface area contributed by atoms with E-state index in [2.05, 4.69) is 35.2 Å². The van der Waals surface area contributed by atoms with Gasteiger partial charge in [-0.1, -0.05) is 48.0 Å². The third-order valence-corrected chi connectivity index (χ3v) is 3.42. The molecule has 0 saturated carbocycles. The first kappa shape index (κ1) is 11.7. The zero-order valence-corrected chi connectivity index (χ0v) is 10.2. The molecule has 1 nitrogen and oxygen atoms in total. The second-order valence-corrected chi connectivity index (χ2v) is 4.59. The lowest BCUT2D eigenvalue weighted by Crippen LogP contribution is -2.31. The molecule has 0 aliphatic carbocycles. The Bertz CT molecular complexity index is 334. The highest BCUT2D eigenvalue weighted by Gasteiger charge is 2.23. The van der Waals surface area contributed by atoms with Gasteiger partial charge in [0.1, 0.15) is 0 Å². The first-order valence-electron chi connectivity index (χ1n) is 5.93. The van der Waals surface area contributed by atoms with Crippen LogP contribution in [0.3, 0.4) is 0 Å².